The van der Waals surface area contributed by atoms with Gasteiger partial charge in [0.15, 0.2) is 11.5 Å². The molecule has 1 atom stereocenters. The van der Waals surface area contributed by atoms with E-state index in [0.717, 1.165) is 5.56 Å². The SMILES string of the molecule is COc1cc([C@H]2NCCC(=O)N2)ccc1O. The maximum absolute atomic E-state index is 11.2. The summed E-state index contributed by atoms with van der Waals surface area (Å²) in [5.74, 6) is 0.517. The summed E-state index contributed by atoms with van der Waals surface area (Å²) in [5.41, 5.74) is 0.864. The van der Waals surface area contributed by atoms with Crippen molar-refractivity contribution >= 4 is 5.91 Å². The van der Waals surface area contributed by atoms with Gasteiger partial charge in [0.2, 0.25) is 5.91 Å². The number of phenols is 1. The summed E-state index contributed by atoms with van der Waals surface area (Å²) in [7, 11) is 1.49. The van der Waals surface area contributed by atoms with Gasteiger partial charge >= 0.3 is 0 Å². The molecule has 0 bridgehead atoms. The molecule has 0 aliphatic carbocycles. The summed E-state index contributed by atoms with van der Waals surface area (Å²) < 4.78 is 5.01. The van der Waals surface area contributed by atoms with E-state index in [9.17, 15) is 9.90 Å². The van der Waals surface area contributed by atoms with E-state index in [0.29, 0.717) is 18.7 Å². The molecule has 0 spiro atoms. The van der Waals surface area contributed by atoms with Crippen LogP contribution in [0.3, 0.4) is 0 Å². The molecule has 0 saturated carbocycles. The molecule has 1 aromatic rings. The second-order valence-electron chi connectivity index (χ2n) is 3.64. The van der Waals surface area contributed by atoms with E-state index in [2.05, 4.69) is 10.6 Å². The molecular weight excluding hydrogens is 208 g/mol. The first-order valence-electron chi connectivity index (χ1n) is 5.10. The van der Waals surface area contributed by atoms with Crippen LogP contribution in [-0.2, 0) is 4.79 Å². The Labute approximate surface area is 93.4 Å². The van der Waals surface area contributed by atoms with Crippen molar-refractivity contribution in [3.05, 3.63) is 23.8 Å². The minimum absolute atomic E-state index is 0.0239. The van der Waals surface area contributed by atoms with Crippen LogP contribution in [0.15, 0.2) is 18.2 Å². The standard InChI is InChI=1S/C11H14N2O3/c1-16-9-6-7(2-3-8(9)14)11-12-5-4-10(15)13-11/h2-3,6,11-12,14H,4-5H2,1H3,(H,13,15)/t11-/m0/s1. The number of rotatable bonds is 2. The van der Waals surface area contributed by atoms with Crippen LogP contribution in [-0.4, -0.2) is 24.7 Å². The van der Waals surface area contributed by atoms with Gasteiger partial charge in [-0.2, -0.15) is 0 Å². The first-order chi connectivity index (χ1) is 7.70. The molecule has 5 nitrogen and oxygen atoms in total. The lowest BCUT2D eigenvalue weighted by Crippen LogP contribution is -2.44. The number of methoxy groups -OCH3 is 1. The number of carbonyl (C=O) groups excluding carboxylic acids is 1. The highest BCUT2D eigenvalue weighted by atomic mass is 16.5. The van der Waals surface area contributed by atoms with E-state index >= 15 is 0 Å². The second-order valence-corrected chi connectivity index (χ2v) is 3.64. The highest BCUT2D eigenvalue weighted by Gasteiger charge is 2.19. The van der Waals surface area contributed by atoms with Crippen molar-refractivity contribution in [1.82, 2.24) is 10.6 Å². The fourth-order valence-electron chi connectivity index (χ4n) is 1.69. The molecule has 1 aliphatic heterocycles. The van der Waals surface area contributed by atoms with Crippen molar-refractivity contribution in [2.24, 2.45) is 0 Å². The van der Waals surface area contributed by atoms with Crippen LogP contribution in [0.1, 0.15) is 18.2 Å². The molecule has 3 N–H and O–H groups in total. The van der Waals surface area contributed by atoms with Crippen LogP contribution >= 0.6 is 0 Å². The number of hydrogen-bond acceptors (Lipinski definition) is 4. The zero-order valence-electron chi connectivity index (χ0n) is 8.99. The molecule has 86 valence electrons. The minimum Gasteiger partial charge on any atom is -0.504 e. The van der Waals surface area contributed by atoms with Gasteiger partial charge in [-0.25, -0.2) is 0 Å². The number of hydrogen-bond donors (Lipinski definition) is 3. The molecule has 0 aromatic heterocycles. The fraction of sp³-hybridized carbons (Fsp3) is 0.364. The number of amides is 1. The number of benzene rings is 1. The quantitative estimate of drug-likeness (QED) is 0.682. The van der Waals surface area contributed by atoms with Gasteiger partial charge in [0.1, 0.15) is 6.17 Å². The van der Waals surface area contributed by atoms with Crippen molar-refractivity contribution in [2.75, 3.05) is 13.7 Å². The molecule has 1 aliphatic rings. The van der Waals surface area contributed by atoms with Gasteiger partial charge in [0.25, 0.3) is 0 Å². The van der Waals surface area contributed by atoms with Gasteiger partial charge in [-0.3, -0.25) is 10.1 Å². The van der Waals surface area contributed by atoms with Crippen molar-refractivity contribution in [3.63, 3.8) is 0 Å². The summed E-state index contributed by atoms with van der Waals surface area (Å²) in [5, 5.41) is 15.4. The van der Waals surface area contributed by atoms with Gasteiger partial charge in [-0.1, -0.05) is 6.07 Å². The zero-order valence-corrected chi connectivity index (χ0v) is 8.99. The smallest absolute Gasteiger partial charge is 0.222 e. The highest BCUT2D eigenvalue weighted by molar-refractivity contribution is 5.77. The average molecular weight is 222 g/mol. The molecular formula is C11H14N2O3. The Morgan fingerprint density at radius 2 is 2.31 bits per heavy atom. The molecule has 1 fully saturated rings. The molecule has 1 amide bonds. The Morgan fingerprint density at radius 3 is 3.00 bits per heavy atom. The van der Waals surface area contributed by atoms with Crippen LogP contribution in [0.4, 0.5) is 0 Å². The Bertz CT molecular complexity index is 406. The molecule has 1 aromatic carbocycles. The molecule has 16 heavy (non-hydrogen) atoms. The van der Waals surface area contributed by atoms with Crippen molar-refractivity contribution in [2.45, 2.75) is 12.6 Å². The minimum atomic E-state index is -0.212. The van der Waals surface area contributed by atoms with E-state index in [-0.39, 0.29) is 17.8 Å². The van der Waals surface area contributed by atoms with Crippen LogP contribution in [0, 0.1) is 0 Å². The maximum atomic E-state index is 11.2. The highest BCUT2D eigenvalue weighted by Crippen LogP contribution is 2.28. The number of nitrogens with one attached hydrogen (secondary N) is 2. The summed E-state index contributed by atoms with van der Waals surface area (Å²) in [6.07, 6.45) is 0.280. The van der Waals surface area contributed by atoms with Gasteiger partial charge < -0.3 is 15.2 Å². The van der Waals surface area contributed by atoms with Gasteiger partial charge in [-0.05, 0) is 17.7 Å². The Morgan fingerprint density at radius 1 is 1.50 bits per heavy atom. The molecule has 1 heterocycles. The van der Waals surface area contributed by atoms with E-state index in [1.165, 1.54) is 7.11 Å². The van der Waals surface area contributed by atoms with Gasteiger partial charge in [0, 0.05) is 13.0 Å². The van der Waals surface area contributed by atoms with Crippen molar-refractivity contribution < 1.29 is 14.6 Å². The third-order valence-corrected chi connectivity index (χ3v) is 2.54. The van der Waals surface area contributed by atoms with E-state index in [1.807, 2.05) is 0 Å². The van der Waals surface area contributed by atoms with Gasteiger partial charge in [-0.15, -0.1) is 0 Å². The summed E-state index contributed by atoms with van der Waals surface area (Å²) >= 11 is 0. The Balaban J connectivity index is 2.22. The molecule has 1 saturated heterocycles. The lowest BCUT2D eigenvalue weighted by molar-refractivity contribution is -0.123. The van der Waals surface area contributed by atoms with Gasteiger partial charge in [0.05, 0.1) is 7.11 Å². The Hall–Kier alpha value is -1.75. The Kier molecular flexibility index (Phi) is 2.96. The number of carbonyl (C=O) groups is 1. The summed E-state index contributed by atoms with van der Waals surface area (Å²) in [4.78, 5) is 11.2. The van der Waals surface area contributed by atoms with E-state index in [1.54, 1.807) is 18.2 Å². The topological polar surface area (TPSA) is 70.6 Å². The lowest BCUT2D eigenvalue weighted by atomic mass is 10.1. The van der Waals surface area contributed by atoms with Crippen LogP contribution in [0.25, 0.3) is 0 Å². The van der Waals surface area contributed by atoms with Crippen LogP contribution in [0.2, 0.25) is 0 Å². The zero-order chi connectivity index (χ0) is 11.5. The van der Waals surface area contributed by atoms with Crippen LogP contribution in [0.5, 0.6) is 11.5 Å². The maximum Gasteiger partial charge on any atom is 0.222 e. The first kappa shape index (κ1) is 10.8. The largest absolute Gasteiger partial charge is 0.504 e. The van der Waals surface area contributed by atoms with Crippen LogP contribution < -0.4 is 15.4 Å². The number of phenolic OH excluding ortho intramolecular Hbond substituents is 1. The molecule has 5 heteroatoms. The first-order valence-corrected chi connectivity index (χ1v) is 5.10. The fourth-order valence-corrected chi connectivity index (χ4v) is 1.69. The normalized spacial score (nSPS) is 20.3. The summed E-state index contributed by atoms with van der Waals surface area (Å²) in [6.45, 7) is 0.652. The summed E-state index contributed by atoms with van der Waals surface area (Å²) in [6, 6.07) is 5.01. The van der Waals surface area contributed by atoms with Crippen molar-refractivity contribution in [1.29, 1.82) is 0 Å². The monoisotopic (exact) mass is 222 g/mol. The molecule has 2 rings (SSSR count). The number of ether oxygens (including phenoxy) is 1. The number of aromatic hydroxyl groups is 1. The third-order valence-electron chi connectivity index (χ3n) is 2.54. The van der Waals surface area contributed by atoms with Crippen molar-refractivity contribution in [3.8, 4) is 11.5 Å². The lowest BCUT2D eigenvalue weighted by Gasteiger charge is -2.25. The third kappa shape index (κ3) is 2.09. The van der Waals surface area contributed by atoms with E-state index < -0.39 is 0 Å². The predicted octanol–water partition coefficient (Wildman–Crippen LogP) is 0.509. The second kappa shape index (κ2) is 4.40. The predicted molar refractivity (Wildman–Crippen MR) is 58.2 cm³/mol. The van der Waals surface area contributed by atoms with E-state index in [4.69, 9.17) is 4.74 Å². The molecule has 0 radical (unpaired) electrons. The average Bonchev–Trinajstić information content (AvgIpc) is 2.29. The molecule has 0 unspecified atom stereocenters.